The van der Waals surface area contributed by atoms with E-state index in [-0.39, 0.29) is 0 Å². The van der Waals surface area contributed by atoms with E-state index in [0.717, 1.165) is 13.2 Å². The Labute approximate surface area is 101 Å². The van der Waals surface area contributed by atoms with Crippen molar-refractivity contribution in [1.82, 2.24) is 0 Å². The second-order valence-electron chi connectivity index (χ2n) is 4.51. The average Bonchev–Trinajstić information content (AvgIpc) is 2.29. The fraction of sp³-hybridized carbons (Fsp3) is 0.733. The van der Waals surface area contributed by atoms with Gasteiger partial charge in [-0.3, -0.25) is 0 Å². The van der Waals surface area contributed by atoms with Gasteiger partial charge in [-0.15, -0.1) is 0 Å². The SMILES string of the molecule is C1=CCCCCCOCC=CCCCCC1. The molecule has 0 fully saturated rings. The largest absolute Gasteiger partial charge is 0.377 e. The molecular weight excluding hydrogens is 196 g/mol. The smallest absolute Gasteiger partial charge is 0.0647 e. The van der Waals surface area contributed by atoms with Gasteiger partial charge in [-0.05, 0) is 44.9 Å². The van der Waals surface area contributed by atoms with E-state index < -0.39 is 0 Å². The van der Waals surface area contributed by atoms with Crippen LogP contribution in [0.15, 0.2) is 24.3 Å². The summed E-state index contributed by atoms with van der Waals surface area (Å²) in [7, 11) is 0. The minimum atomic E-state index is 0.805. The van der Waals surface area contributed by atoms with Gasteiger partial charge in [-0.2, -0.15) is 0 Å². The highest BCUT2D eigenvalue weighted by Crippen LogP contribution is 2.07. The Hall–Kier alpha value is -0.560. The summed E-state index contributed by atoms with van der Waals surface area (Å²) < 4.78 is 5.53. The van der Waals surface area contributed by atoms with Gasteiger partial charge in [0.05, 0.1) is 6.61 Å². The lowest BCUT2D eigenvalue weighted by atomic mass is 10.1. The van der Waals surface area contributed by atoms with E-state index >= 15 is 0 Å². The lowest BCUT2D eigenvalue weighted by molar-refractivity contribution is 0.157. The summed E-state index contributed by atoms with van der Waals surface area (Å²) in [6, 6.07) is 0. The first-order valence-electron chi connectivity index (χ1n) is 6.88. The van der Waals surface area contributed by atoms with Crippen molar-refractivity contribution in [2.45, 2.75) is 57.8 Å². The summed E-state index contributed by atoms with van der Waals surface area (Å²) in [6.07, 6.45) is 20.7. The molecule has 92 valence electrons. The van der Waals surface area contributed by atoms with Crippen LogP contribution in [-0.4, -0.2) is 13.2 Å². The molecule has 0 saturated carbocycles. The normalized spacial score (nSPS) is 22.0. The van der Waals surface area contributed by atoms with Crippen molar-refractivity contribution in [3.05, 3.63) is 24.3 Å². The van der Waals surface area contributed by atoms with Gasteiger partial charge in [0.2, 0.25) is 0 Å². The molecule has 0 amide bonds. The van der Waals surface area contributed by atoms with Crippen LogP contribution in [0.3, 0.4) is 0 Å². The Morgan fingerprint density at radius 2 is 1.12 bits per heavy atom. The third-order valence-corrected chi connectivity index (χ3v) is 2.95. The van der Waals surface area contributed by atoms with Crippen LogP contribution in [0.5, 0.6) is 0 Å². The van der Waals surface area contributed by atoms with Crippen LogP contribution >= 0.6 is 0 Å². The lowest BCUT2D eigenvalue weighted by Crippen LogP contribution is -1.94. The molecule has 0 spiro atoms. The lowest BCUT2D eigenvalue weighted by Gasteiger charge is -2.01. The third-order valence-electron chi connectivity index (χ3n) is 2.95. The molecule has 16 heavy (non-hydrogen) atoms. The molecule has 1 heterocycles. The van der Waals surface area contributed by atoms with E-state index in [9.17, 15) is 0 Å². The van der Waals surface area contributed by atoms with E-state index in [1.807, 2.05) is 0 Å². The number of ether oxygens (including phenoxy) is 1. The molecule has 1 nitrogen and oxygen atoms in total. The molecule has 1 aliphatic heterocycles. The highest BCUT2D eigenvalue weighted by molar-refractivity contribution is 4.83. The zero-order chi connectivity index (χ0) is 11.3. The Bertz CT molecular complexity index is 174. The van der Waals surface area contributed by atoms with Gasteiger partial charge in [-0.25, -0.2) is 0 Å². The van der Waals surface area contributed by atoms with Crippen molar-refractivity contribution >= 4 is 0 Å². The summed E-state index contributed by atoms with van der Waals surface area (Å²) in [5.74, 6) is 0. The topological polar surface area (TPSA) is 9.23 Å². The number of hydrogen-bond acceptors (Lipinski definition) is 1. The highest BCUT2D eigenvalue weighted by atomic mass is 16.5. The van der Waals surface area contributed by atoms with Crippen LogP contribution in [0, 0.1) is 0 Å². The van der Waals surface area contributed by atoms with Crippen LogP contribution in [-0.2, 0) is 4.74 Å². The van der Waals surface area contributed by atoms with Crippen molar-refractivity contribution in [2.75, 3.05) is 13.2 Å². The molecule has 0 radical (unpaired) electrons. The first kappa shape index (κ1) is 13.5. The zero-order valence-corrected chi connectivity index (χ0v) is 10.5. The fourth-order valence-corrected chi connectivity index (χ4v) is 1.92. The van der Waals surface area contributed by atoms with Crippen molar-refractivity contribution in [1.29, 1.82) is 0 Å². The van der Waals surface area contributed by atoms with Crippen molar-refractivity contribution in [3.8, 4) is 0 Å². The first-order valence-corrected chi connectivity index (χ1v) is 6.88. The summed E-state index contributed by atoms with van der Waals surface area (Å²) in [6.45, 7) is 1.73. The van der Waals surface area contributed by atoms with Crippen LogP contribution in [0.4, 0.5) is 0 Å². The molecule has 0 unspecified atom stereocenters. The van der Waals surface area contributed by atoms with Gasteiger partial charge in [0.1, 0.15) is 0 Å². The minimum absolute atomic E-state index is 0.805. The van der Waals surface area contributed by atoms with Crippen LogP contribution in [0.25, 0.3) is 0 Å². The molecule has 0 aliphatic carbocycles. The van der Waals surface area contributed by atoms with Gasteiger partial charge in [0.15, 0.2) is 0 Å². The molecule has 0 aromatic heterocycles. The predicted molar refractivity (Wildman–Crippen MR) is 70.7 cm³/mol. The van der Waals surface area contributed by atoms with Crippen LogP contribution in [0.1, 0.15) is 57.8 Å². The summed E-state index contributed by atoms with van der Waals surface area (Å²) in [4.78, 5) is 0. The number of hydrogen-bond donors (Lipinski definition) is 0. The Kier molecular flexibility index (Phi) is 9.24. The third kappa shape index (κ3) is 8.72. The molecule has 1 rings (SSSR count). The maximum atomic E-state index is 5.53. The maximum Gasteiger partial charge on any atom is 0.0647 e. The standard InChI is InChI=1S/C15H26O/c1-2-4-6-8-10-12-14-16-15-13-11-9-7-5-3-1/h2,4,11,13H,1,3,5-10,12,14-15H2. The van der Waals surface area contributed by atoms with E-state index in [4.69, 9.17) is 4.74 Å². The van der Waals surface area contributed by atoms with Gasteiger partial charge in [0, 0.05) is 6.61 Å². The summed E-state index contributed by atoms with van der Waals surface area (Å²) >= 11 is 0. The maximum absolute atomic E-state index is 5.53. The molecular formula is C15H26O. The van der Waals surface area contributed by atoms with E-state index in [2.05, 4.69) is 24.3 Å². The molecule has 1 heteroatoms. The van der Waals surface area contributed by atoms with Gasteiger partial charge in [-0.1, -0.05) is 37.1 Å². The van der Waals surface area contributed by atoms with Crippen molar-refractivity contribution in [3.63, 3.8) is 0 Å². The quantitative estimate of drug-likeness (QED) is 0.542. The molecule has 0 saturated heterocycles. The molecule has 0 bridgehead atoms. The Morgan fingerprint density at radius 3 is 1.81 bits per heavy atom. The van der Waals surface area contributed by atoms with E-state index in [1.165, 1.54) is 57.8 Å². The average molecular weight is 222 g/mol. The zero-order valence-electron chi connectivity index (χ0n) is 10.5. The molecule has 0 atom stereocenters. The summed E-state index contributed by atoms with van der Waals surface area (Å²) in [5, 5.41) is 0. The van der Waals surface area contributed by atoms with Gasteiger partial charge < -0.3 is 4.74 Å². The Morgan fingerprint density at radius 1 is 0.562 bits per heavy atom. The highest BCUT2D eigenvalue weighted by Gasteiger charge is 1.90. The molecule has 0 aromatic rings. The molecule has 0 N–H and O–H groups in total. The van der Waals surface area contributed by atoms with E-state index in [0.29, 0.717) is 0 Å². The van der Waals surface area contributed by atoms with Crippen molar-refractivity contribution in [2.24, 2.45) is 0 Å². The number of allylic oxidation sites excluding steroid dienone is 3. The van der Waals surface area contributed by atoms with Crippen LogP contribution in [0.2, 0.25) is 0 Å². The van der Waals surface area contributed by atoms with Crippen molar-refractivity contribution < 1.29 is 4.74 Å². The van der Waals surface area contributed by atoms with E-state index in [1.54, 1.807) is 0 Å². The number of rotatable bonds is 0. The fourth-order valence-electron chi connectivity index (χ4n) is 1.92. The van der Waals surface area contributed by atoms with Gasteiger partial charge >= 0.3 is 0 Å². The summed E-state index contributed by atoms with van der Waals surface area (Å²) in [5.41, 5.74) is 0. The van der Waals surface area contributed by atoms with Gasteiger partial charge in [0.25, 0.3) is 0 Å². The predicted octanol–water partition coefficient (Wildman–Crippen LogP) is 4.64. The molecule has 0 aromatic carbocycles. The Balaban J connectivity index is 2.14. The monoisotopic (exact) mass is 222 g/mol. The second kappa shape index (κ2) is 10.9. The first-order chi connectivity index (χ1) is 8.00. The molecule has 1 aliphatic rings. The minimum Gasteiger partial charge on any atom is -0.377 e. The van der Waals surface area contributed by atoms with Crippen LogP contribution < -0.4 is 0 Å². The second-order valence-corrected chi connectivity index (χ2v) is 4.51.